The Morgan fingerprint density at radius 2 is 1.74 bits per heavy atom. The highest BCUT2D eigenvalue weighted by molar-refractivity contribution is 6.06. The van der Waals surface area contributed by atoms with Gasteiger partial charge < -0.3 is 19.9 Å². The van der Waals surface area contributed by atoms with Crippen molar-refractivity contribution in [2.45, 2.75) is 24.9 Å². The lowest BCUT2D eigenvalue weighted by atomic mass is 10.2. The molecule has 0 bridgehead atoms. The van der Waals surface area contributed by atoms with Gasteiger partial charge in [-0.3, -0.25) is 9.36 Å². The van der Waals surface area contributed by atoms with Crippen molar-refractivity contribution >= 4 is 28.9 Å². The maximum atomic E-state index is 12.6. The summed E-state index contributed by atoms with van der Waals surface area (Å²) < 4.78 is 13.3. The van der Waals surface area contributed by atoms with Crippen LogP contribution in [0.4, 0.5) is 5.82 Å². The number of aromatic nitrogens is 4. The second kappa shape index (κ2) is 9.38. The summed E-state index contributed by atoms with van der Waals surface area (Å²) in [5.41, 5.74) is 1.64. The number of carbonyl (C=O) groups is 2. The third kappa shape index (κ3) is 4.24. The summed E-state index contributed by atoms with van der Waals surface area (Å²) in [5, 5.41) is 12.4. The average molecular weight is 459 g/mol. The molecule has 0 aliphatic carbocycles. The number of esters is 1. The number of rotatable bonds is 6. The molecule has 0 unspecified atom stereocenters. The van der Waals surface area contributed by atoms with E-state index in [0.717, 1.165) is 0 Å². The normalized spacial score (nSPS) is 19.7. The van der Waals surface area contributed by atoms with E-state index in [-0.39, 0.29) is 18.3 Å². The molecule has 1 aliphatic rings. The SMILES string of the molecule is O=C(Nc1ncnc2c1ncn2[C@@H]1O[C@H](CO)C[C@H]1OC(=O)c1ccccc1)c1ccccc1. The summed E-state index contributed by atoms with van der Waals surface area (Å²) >= 11 is 0. The van der Waals surface area contributed by atoms with Crippen molar-refractivity contribution in [3.05, 3.63) is 84.4 Å². The number of carbonyl (C=O) groups excluding carboxylic acids is 2. The van der Waals surface area contributed by atoms with Crippen LogP contribution >= 0.6 is 0 Å². The van der Waals surface area contributed by atoms with Gasteiger partial charge in [-0.15, -0.1) is 0 Å². The smallest absolute Gasteiger partial charge is 0.338 e. The highest BCUT2D eigenvalue weighted by Gasteiger charge is 2.40. The standard InChI is InChI=1S/C24H21N5O5/c30-12-17-11-18(34-24(32)16-9-5-2-6-10-16)23(33-17)29-14-27-19-20(25-13-26-21(19)29)28-22(31)15-7-3-1-4-8-15/h1-10,13-14,17-18,23,30H,11-12H2,(H,25,26,28,31)/t17-,18+,23+/m0/s1. The van der Waals surface area contributed by atoms with Crippen LogP contribution in [0.25, 0.3) is 11.2 Å². The van der Waals surface area contributed by atoms with Gasteiger partial charge in [0.05, 0.1) is 24.6 Å². The summed E-state index contributed by atoms with van der Waals surface area (Å²) in [4.78, 5) is 38.1. The van der Waals surface area contributed by atoms with Gasteiger partial charge in [0.2, 0.25) is 0 Å². The summed E-state index contributed by atoms with van der Waals surface area (Å²) in [6.45, 7) is -0.226. The van der Waals surface area contributed by atoms with Crippen molar-refractivity contribution < 1.29 is 24.2 Å². The first-order valence-corrected chi connectivity index (χ1v) is 10.7. The summed E-state index contributed by atoms with van der Waals surface area (Å²) in [5.74, 6) is -0.581. The van der Waals surface area contributed by atoms with Crippen molar-refractivity contribution in [3.63, 3.8) is 0 Å². The van der Waals surface area contributed by atoms with Crippen molar-refractivity contribution in [1.29, 1.82) is 0 Å². The van der Waals surface area contributed by atoms with Crippen LogP contribution in [0.2, 0.25) is 0 Å². The number of aliphatic hydroxyl groups excluding tert-OH is 1. The van der Waals surface area contributed by atoms with Crippen molar-refractivity contribution in [1.82, 2.24) is 19.5 Å². The fourth-order valence-electron chi connectivity index (χ4n) is 3.86. The van der Waals surface area contributed by atoms with E-state index in [0.29, 0.717) is 28.7 Å². The topological polar surface area (TPSA) is 128 Å². The van der Waals surface area contributed by atoms with E-state index in [9.17, 15) is 14.7 Å². The number of anilines is 1. The summed E-state index contributed by atoms with van der Waals surface area (Å²) in [6.07, 6.45) is 1.15. The van der Waals surface area contributed by atoms with Crippen LogP contribution in [0.3, 0.4) is 0 Å². The maximum absolute atomic E-state index is 12.6. The predicted molar refractivity (Wildman–Crippen MR) is 121 cm³/mol. The van der Waals surface area contributed by atoms with Gasteiger partial charge >= 0.3 is 5.97 Å². The lowest BCUT2D eigenvalue weighted by Gasteiger charge is -2.20. The third-order valence-corrected chi connectivity index (χ3v) is 5.52. The molecular formula is C24H21N5O5. The molecule has 10 heteroatoms. The van der Waals surface area contributed by atoms with E-state index in [2.05, 4.69) is 20.3 Å². The van der Waals surface area contributed by atoms with Crippen molar-refractivity contribution in [3.8, 4) is 0 Å². The fraction of sp³-hybridized carbons (Fsp3) is 0.208. The Kier molecular flexibility index (Phi) is 5.98. The Morgan fingerprint density at radius 1 is 1.03 bits per heavy atom. The molecule has 3 atom stereocenters. The number of nitrogens with zero attached hydrogens (tertiary/aromatic N) is 4. The molecular weight excluding hydrogens is 438 g/mol. The number of fused-ring (bicyclic) bond motifs is 1. The Balaban J connectivity index is 1.42. The molecule has 2 N–H and O–H groups in total. The van der Waals surface area contributed by atoms with E-state index in [4.69, 9.17) is 9.47 Å². The van der Waals surface area contributed by atoms with Crippen molar-refractivity contribution in [2.24, 2.45) is 0 Å². The number of nitrogens with one attached hydrogen (secondary N) is 1. The van der Waals surface area contributed by atoms with Gasteiger partial charge in [0.1, 0.15) is 12.4 Å². The Morgan fingerprint density at radius 3 is 2.44 bits per heavy atom. The number of hydrogen-bond donors (Lipinski definition) is 2. The van der Waals surface area contributed by atoms with Crippen LogP contribution in [0.15, 0.2) is 73.3 Å². The molecule has 2 aromatic heterocycles. The molecule has 2 aromatic carbocycles. The molecule has 10 nitrogen and oxygen atoms in total. The number of aliphatic hydroxyl groups is 1. The van der Waals surface area contributed by atoms with Gasteiger partial charge in [-0.05, 0) is 24.3 Å². The molecule has 0 spiro atoms. The predicted octanol–water partition coefficient (Wildman–Crippen LogP) is 2.58. The molecule has 4 aromatic rings. The number of ether oxygens (including phenoxy) is 2. The van der Waals surface area contributed by atoms with Gasteiger partial charge in [0.15, 0.2) is 23.2 Å². The zero-order valence-electron chi connectivity index (χ0n) is 17.9. The Labute approximate surface area is 194 Å². The van der Waals surface area contributed by atoms with Crippen LogP contribution in [-0.4, -0.2) is 55.3 Å². The first-order valence-electron chi connectivity index (χ1n) is 10.7. The average Bonchev–Trinajstić information content (AvgIpc) is 3.49. The number of benzene rings is 2. The monoisotopic (exact) mass is 459 g/mol. The van der Waals surface area contributed by atoms with Crippen LogP contribution in [0.5, 0.6) is 0 Å². The van der Waals surface area contributed by atoms with Gasteiger partial charge in [-0.2, -0.15) is 0 Å². The van der Waals surface area contributed by atoms with E-state index < -0.39 is 24.4 Å². The summed E-state index contributed by atoms with van der Waals surface area (Å²) in [6, 6.07) is 17.4. The second-order valence-corrected chi connectivity index (χ2v) is 7.74. The molecule has 1 fully saturated rings. The van der Waals surface area contributed by atoms with Crippen LogP contribution in [0.1, 0.15) is 33.4 Å². The molecule has 3 heterocycles. The lowest BCUT2D eigenvalue weighted by Crippen LogP contribution is -2.25. The molecule has 1 saturated heterocycles. The minimum absolute atomic E-state index is 0.226. The van der Waals surface area contributed by atoms with E-state index in [1.54, 1.807) is 53.1 Å². The van der Waals surface area contributed by atoms with Gasteiger partial charge in [-0.25, -0.2) is 19.7 Å². The fourth-order valence-corrected chi connectivity index (χ4v) is 3.86. The molecule has 0 saturated carbocycles. The summed E-state index contributed by atoms with van der Waals surface area (Å²) in [7, 11) is 0. The number of hydrogen-bond acceptors (Lipinski definition) is 8. The first kappa shape index (κ1) is 21.7. The van der Waals surface area contributed by atoms with Crippen LogP contribution < -0.4 is 5.32 Å². The molecule has 0 radical (unpaired) electrons. The molecule has 1 amide bonds. The molecule has 34 heavy (non-hydrogen) atoms. The van der Waals surface area contributed by atoms with Crippen LogP contribution in [-0.2, 0) is 9.47 Å². The maximum Gasteiger partial charge on any atom is 0.338 e. The third-order valence-electron chi connectivity index (χ3n) is 5.52. The van der Waals surface area contributed by atoms with Gasteiger partial charge in [0.25, 0.3) is 5.91 Å². The van der Waals surface area contributed by atoms with E-state index >= 15 is 0 Å². The largest absolute Gasteiger partial charge is 0.454 e. The quantitative estimate of drug-likeness (QED) is 0.421. The lowest BCUT2D eigenvalue weighted by molar-refractivity contribution is -0.0562. The number of amides is 1. The number of imidazole rings is 1. The van der Waals surface area contributed by atoms with Crippen LogP contribution in [0, 0.1) is 0 Å². The minimum Gasteiger partial charge on any atom is -0.454 e. The minimum atomic E-state index is -0.762. The van der Waals surface area contributed by atoms with Gasteiger partial charge in [0, 0.05) is 12.0 Å². The first-order chi connectivity index (χ1) is 16.6. The highest BCUT2D eigenvalue weighted by atomic mass is 16.6. The van der Waals surface area contributed by atoms with E-state index in [1.807, 2.05) is 12.1 Å². The molecule has 1 aliphatic heterocycles. The molecule has 172 valence electrons. The Hall–Kier alpha value is -4.15. The zero-order valence-corrected chi connectivity index (χ0v) is 17.9. The zero-order chi connectivity index (χ0) is 23.5. The second-order valence-electron chi connectivity index (χ2n) is 7.74. The van der Waals surface area contributed by atoms with Crippen molar-refractivity contribution in [2.75, 3.05) is 11.9 Å². The van der Waals surface area contributed by atoms with E-state index in [1.165, 1.54) is 12.7 Å². The Bertz CT molecular complexity index is 1310. The molecule has 5 rings (SSSR count). The highest BCUT2D eigenvalue weighted by Crippen LogP contribution is 2.34. The van der Waals surface area contributed by atoms with Gasteiger partial charge in [-0.1, -0.05) is 36.4 Å².